The summed E-state index contributed by atoms with van der Waals surface area (Å²) in [5.41, 5.74) is 5.72. The molecule has 0 spiro atoms. The standard InChI is InChI=1S/C15H29N3/c1-4-13-6-9-18(14(10-13)11-16)8-5-7-15(2,3)12-17/h13-14H,4-11,16H2,1-3H3. The van der Waals surface area contributed by atoms with Crippen molar-refractivity contribution in [2.75, 3.05) is 19.6 Å². The van der Waals surface area contributed by atoms with Crippen molar-refractivity contribution in [2.45, 2.75) is 58.9 Å². The molecule has 1 aliphatic heterocycles. The molecule has 1 fully saturated rings. The number of nitrogens with two attached hydrogens (primary N) is 1. The smallest absolute Gasteiger partial charge is 0.0683 e. The summed E-state index contributed by atoms with van der Waals surface area (Å²) < 4.78 is 0. The minimum Gasteiger partial charge on any atom is -0.329 e. The predicted molar refractivity (Wildman–Crippen MR) is 76.1 cm³/mol. The zero-order valence-electron chi connectivity index (χ0n) is 12.3. The molecule has 0 aromatic heterocycles. The van der Waals surface area contributed by atoms with E-state index >= 15 is 0 Å². The maximum atomic E-state index is 9.01. The minimum atomic E-state index is -0.181. The molecule has 0 saturated carbocycles. The number of nitriles is 1. The molecule has 18 heavy (non-hydrogen) atoms. The van der Waals surface area contributed by atoms with Crippen LogP contribution in [0.5, 0.6) is 0 Å². The number of rotatable bonds is 6. The van der Waals surface area contributed by atoms with Crippen LogP contribution in [-0.4, -0.2) is 30.6 Å². The van der Waals surface area contributed by atoms with Gasteiger partial charge in [0.15, 0.2) is 0 Å². The average molecular weight is 251 g/mol. The molecule has 2 N–H and O–H groups in total. The Balaban J connectivity index is 2.36. The van der Waals surface area contributed by atoms with Gasteiger partial charge >= 0.3 is 0 Å². The molecule has 3 nitrogen and oxygen atoms in total. The molecule has 0 aromatic rings. The third-order valence-electron chi connectivity index (χ3n) is 4.35. The summed E-state index contributed by atoms with van der Waals surface area (Å²) in [6.45, 7) is 9.39. The van der Waals surface area contributed by atoms with Crippen molar-refractivity contribution in [3.8, 4) is 6.07 Å². The van der Waals surface area contributed by atoms with E-state index in [1.54, 1.807) is 0 Å². The van der Waals surface area contributed by atoms with Crippen LogP contribution in [0.25, 0.3) is 0 Å². The molecule has 1 heterocycles. The van der Waals surface area contributed by atoms with Crippen LogP contribution in [0.15, 0.2) is 0 Å². The normalized spacial score (nSPS) is 25.9. The molecule has 0 aliphatic carbocycles. The van der Waals surface area contributed by atoms with Gasteiger partial charge in [-0.05, 0) is 58.5 Å². The molecule has 0 bridgehead atoms. The van der Waals surface area contributed by atoms with E-state index in [1.165, 1.54) is 25.8 Å². The number of hydrogen-bond acceptors (Lipinski definition) is 3. The van der Waals surface area contributed by atoms with Gasteiger partial charge in [-0.25, -0.2) is 0 Å². The van der Waals surface area contributed by atoms with Crippen LogP contribution in [0.1, 0.15) is 52.9 Å². The van der Waals surface area contributed by atoms with Gasteiger partial charge in [-0.15, -0.1) is 0 Å². The second-order valence-corrected chi connectivity index (χ2v) is 6.32. The fourth-order valence-corrected chi connectivity index (χ4v) is 2.87. The van der Waals surface area contributed by atoms with Crippen molar-refractivity contribution in [1.82, 2.24) is 4.90 Å². The minimum absolute atomic E-state index is 0.181. The molecule has 104 valence electrons. The third kappa shape index (κ3) is 4.59. The Labute approximate surface area is 112 Å². The van der Waals surface area contributed by atoms with Crippen LogP contribution in [-0.2, 0) is 0 Å². The Hall–Kier alpha value is -0.590. The second-order valence-electron chi connectivity index (χ2n) is 6.32. The average Bonchev–Trinajstić information content (AvgIpc) is 2.38. The lowest BCUT2D eigenvalue weighted by atomic mass is 9.87. The van der Waals surface area contributed by atoms with E-state index in [4.69, 9.17) is 11.0 Å². The van der Waals surface area contributed by atoms with E-state index in [2.05, 4.69) is 17.9 Å². The van der Waals surface area contributed by atoms with Crippen molar-refractivity contribution in [1.29, 1.82) is 5.26 Å². The monoisotopic (exact) mass is 251 g/mol. The molecule has 3 heteroatoms. The molecule has 1 rings (SSSR count). The van der Waals surface area contributed by atoms with E-state index < -0.39 is 0 Å². The first-order chi connectivity index (χ1) is 8.52. The largest absolute Gasteiger partial charge is 0.329 e. The molecule has 1 aliphatic rings. The first kappa shape index (κ1) is 15.5. The first-order valence-electron chi connectivity index (χ1n) is 7.37. The van der Waals surface area contributed by atoms with Gasteiger partial charge < -0.3 is 5.73 Å². The maximum Gasteiger partial charge on any atom is 0.0683 e. The quantitative estimate of drug-likeness (QED) is 0.789. The number of likely N-dealkylation sites (tertiary alicyclic amines) is 1. The van der Waals surface area contributed by atoms with Gasteiger partial charge in [0.2, 0.25) is 0 Å². The van der Waals surface area contributed by atoms with E-state index in [0.29, 0.717) is 6.04 Å². The van der Waals surface area contributed by atoms with Crippen molar-refractivity contribution in [3.05, 3.63) is 0 Å². The van der Waals surface area contributed by atoms with Gasteiger partial charge in [-0.3, -0.25) is 4.90 Å². The Bertz CT molecular complexity index is 280. The Kier molecular flexibility index (Phi) is 6.11. The summed E-state index contributed by atoms with van der Waals surface area (Å²) in [5, 5.41) is 9.01. The Morgan fingerprint density at radius 1 is 1.44 bits per heavy atom. The molecule has 2 atom stereocenters. The second kappa shape index (κ2) is 7.11. The fourth-order valence-electron chi connectivity index (χ4n) is 2.87. The SMILES string of the molecule is CCC1CCN(CCCC(C)(C)C#N)C(CN)C1. The van der Waals surface area contributed by atoms with Crippen molar-refractivity contribution >= 4 is 0 Å². The maximum absolute atomic E-state index is 9.01. The molecule has 0 amide bonds. The molecular formula is C15H29N3. The summed E-state index contributed by atoms with van der Waals surface area (Å²) in [4.78, 5) is 2.54. The van der Waals surface area contributed by atoms with Crippen molar-refractivity contribution < 1.29 is 0 Å². The fraction of sp³-hybridized carbons (Fsp3) is 0.933. The van der Waals surface area contributed by atoms with Crippen molar-refractivity contribution in [3.63, 3.8) is 0 Å². The van der Waals surface area contributed by atoms with E-state index in [1.807, 2.05) is 13.8 Å². The highest BCUT2D eigenvalue weighted by Gasteiger charge is 2.26. The predicted octanol–water partition coefficient (Wildman–Crippen LogP) is 2.77. The van der Waals surface area contributed by atoms with Gasteiger partial charge in [0.1, 0.15) is 0 Å². The lowest BCUT2D eigenvalue weighted by molar-refractivity contribution is 0.110. The number of piperidine rings is 1. The van der Waals surface area contributed by atoms with Crippen LogP contribution in [0.4, 0.5) is 0 Å². The van der Waals surface area contributed by atoms with Gasteiger partial charge in [-0.1, -0.05) is 13.3 Å². The number of nitrogens with zero attached hydrogens (tertiary/aromatic N) is 2. The molecule has 2 unspecified atom stereocenters. The van der Waals surface area contributed by atoms with Crippen LogP contribution in [0.2, 0.25) is 0 Å². The van der Waals surface area contributed by atoms with E-state index in [-0.39, 0.29) is 5.41 Å². The highest BCUT2D eigenvalue weighted by molar-refractivity contribution is 4.92. The molecule has 0 radical (unpaired) electrons. The van der Waals surface area contributed by atoms with Gasteiger partial charge in [0.25, 0.3) is 0 Å². The lowest BCUT2D eigenvalue weighted by Gasteiger charge is -2.39. The topological polar surface area (TPSA) is 53.0 Å². The zero-order valence-corrected chi connectivity index (χ0v) is 12.3. The number of hydrogen-bond donors (Lipinski definition) is 1. The molecular weight excluding hydrogens is 222 g/mol. The Morgan fingerprint density at radius 3 is 2.72 bits per heavy atom. The third-order valence-corrected chi connectivity index (χ3v) is 4.35. The molecule has 1 saturated heterocycles. The van der Waals surface area contributed by atoms with Gasteiger partial charge in [-0.2, -0.15) is 5.26 Å². The van der Waals surface area contributed by atoms with Gasteiger partial charge in [0.05, 0.1) is 11.5 Å². The Morgan fingerprint density at radius 2 is 2.17 bits per heavy atom. The highest BCUT2D eigenvalue weighted by Crippen LogP contribution is 2.26. The summed E-state index contributed by atoms with van der Waals surface area (Å²) in [7, 11) is 0. The lowest BCUT2D eigenvalue weighted by Crippen LogP contribution is -2.47. The summed E-state index contributed by atoms with van der Waals surface area (Å²) in [5.74, 6) is 0.866. The molecule has 0 aromatic carbocycles. The first-order valence-corrected chi connectivity index (χ1v) is 7.37. The van der Waals surface area contributed by atoms with Crippen LogP contribution < -0.4 is 5.73 Å². The van der Waals surface area contributed by atoms with Crippen molar-refractivity contribution in [2.24, 2.45) is 17.1 Å². The van der Waals surface area contributed by atoms with Gasteiger partial charge in [0, 0.05) is 12.6 Å². The van der Waals surface area contributed by atoms with E-state index in [9.17, 15) is 0 Å². The van der Waals surface area contributed by atoms with Crippen LogP contribution >= 0.6 is 0 Å². The summed E-state index contributed by atoms with van der Waals surface area (Å²) in [6, 6.07) is 2.94. The van der Waals surface area contributed by atoms with Crippen LogP contribution in [0.3, 0.4) is 0 Å². The van der Waals surface area contributed by atoms with E-state index in [0.717, 1.165) is 31.8 Å². The summed E-state index contributed by atoms with van der Waals surface area (Å²) in [6.07, 6.45) is 5.94. The zero-order chi connectivity index (χ0) is 13.6. The summed E-state index contributed by atoms with van der Waals surface area (Å²) >= 11 is 0. The highest BCUT2D eigenvalue weighted by atomic mass is 15.2. The van der Waals surface area contributed by atoms with Crippen LogP contribution in [0, 0.1) is 22.7 Å².